The van der Waals surface area contributed by atoms with Crippen LogP contribution in [0.4, 0.5) is 0 Å². The topological polar surface area (TPSA) is 38.3 Å². The molecule has 1 aromatic rings. The minimum atomic E-state index is -0.403. The van der Waals surface area contributed by atoms with Gasteiger partial charge in [0.25, 0.3) is 5.91 Å². The van der Waals surface area contributed by atoms with E-state index < -0.39 is 5.91 Å². The van der Waals surface area contributed by atoms with Gasteiger partial charge in [-0.2, -0.15) is 0 Å². The van der Waals surface area contributed by atoms with Gasteiger partial charge in [0.1, 0.15) is 0 Å². The Kier molecular flexibility index (Phi) is 4.20. The number of carbonyl (C=O) groups excluding carboxylic acids is 1. The van der Waals surface area contributed by atoms with E-state index in [-0.39, 0.29) is 0 Å². The number of hydrogen-bond donors (Lipinski definition) is 1. The zero-order valence-electron chi connectivity index (χ0n) is 7.51. The van der Waals surface area contributed by atoms with E-state index in [1.807, 2.05) is 0 Å². The van der Waals surface area contributed by atoms with Crippen LogP contribution in [-0.2, 0) is 4.84 Å². The number of hydrogen-bond acceptors (Lipinski definition) is 2. The predicted molar refractivity (Wildman–Crippen MR) is 55.6 cm³/mol. The fraction of sp³-hybridized carbons (Fsp3) is 0.222. The molecule has 0 saturated heterocycles. The highest BCUT2D eigenvalue weighted by Crippen LogP contribution is 2.20. The molecule has 0 bridgehead atoms. The van der Waals surface area contributed by atoms with E-state index in [4.69, 9.17) is 28.0 Å². The number of rotatable bonds is 3. The first-order valence-corrected chi connectivity index (χ1v) is 4.78. The molecule has 0 aliphatic rings. The van der Waals surface area contributed by atoms with Gasteiger partial charge >= 0.3 is 0 Å². The van der Waals surface area contributed by atoms with Crippen LogP contribution in [0.2, 0.25) is 10.0 Å². The first-order chi connectivity index (χ1) is 6.65. The lowest BCUT2D eigenvalue weighted by Crippen LogP contribution is -2.23. The second-order valence-corrected chi connectivity index (χ2v) is 3.33. The summed E-state index contributed by atoms with van der Waals surface area (Å²) in [7, 11) is 0. The van der Waals surface area contributed by atoms with Gasteiger partial charge in [0, 0.05) is 5.02 Å². The van der Waals surface area contributed by atoms with Crippen LogP contribution in [0.3, 0.4) is 0 Å². The van der Waals surface area contributed by atoms with E-state index in [0.29, 0.717) is 22.2 Å². The lowest BCUT2D eigenvalue weighted by Gasteiger charge is -2.05. The number of hydroxylamine groups is 1. The summed E-state index contributed by atoms with van der Waals surface area (Å²) in [6, 6.07) is 4.66. The largest absolute Gasteiger partial charge is 0.276 e. The Labute approximate surface area is 91.9 Å². The Morgan fingerprint density at radius 1 is 1.50 bits per heavy atom. The van der Waals surface area contributed by atoms with Crippen molar-refractivity contribution in [1.82, 2.24) is 5.48 Å². The summed E-state index contributed by atoms with van der Waals surface area (Å²) in [4.78, 5) is 16.1. The van der Waals surface area contributed by atoms with Crippen molar-refractivity contribution in [2.24, 2.45) is 0 Å². The Morgan fingerprint density at radius 2 is 2.21 bits per heavy atom. The van der Waals surface area contributed by atoms with Crippen molar-refractivity contribution in [2.75, 3.05) is 6.61 Å². The molecule has 0 aromatic heterocycles. The SMILES string of the molecule is CCONC(=O)c1cc(Cl)ccc1Cl. The van der Waals surface area contributed by atoms with Crippen molar-refractivity contribution >= 4 is 29.1 Å². The van der Waals surface area contributed by atoms with Crippen LogP contribution < -0.4 is 5.48 Å². The fourth-order valence-corrected chi connectivity index (χ4v) is 1.24. The van der Waals surface area contributed by atoms with Crippen LogP contribution in [-0.4, -0.2) is 12.5 Å². The van der Waals surface area contributed by atoms with Gasteiger partial charge in [-0.3, -0.25) is 9.63 Å². The van der Waals surface area contributed by atoms with Crippen molar-refractivity contribution in [3.8, 4) is 0 Å². The minimum Gasteiger partial charge on any atom is -0.274 e. The van der Waals surface area contributed by atoms with Crippen molar-refractivity contribution in [3.05, 3.63) is 33.8 Å². The van der Waals surface area contributed by atoms with E-state index in [0.717, 1.165) is 0 Å². The molecule has 1 N–H and O–H groups in total. The maximum atomic E-state index is 11.4. The van der Waals surface area contributed by atoms with Gasteiger partial charge in [-0.15, -0.1) is 0 Å². The lowest BCUT2D eigenvalue weighted by molar-refractivity contribution is 0.0364. The molecular weight excluding hydrogens is 225 g/mol. The van der Waals surface area contributed by atoms with E-state index in [1.165, 1.54) is 6.07 Å². The molecule has 76 valence electrons. The zero-order valence-corrected chi connectivity index (χ0v) is 9.02. The van der Waals surface area contributed by atoms with Gasteiger partial charge < -0.3 is 0 Å². The molecule has 1 rings (SSSR count). The predicted octanol–water partition coefficient (Wildman–Crippen LogP) is 2.67. The molecule has 0 radical (unpaired) electrons. The highest BCUT2D eigenvalue weighted by molar-refractivity contribution is 6.35. The second-order valence-electron chi connectivity index (χ2n) is 2.49. The van der Waals surface area contributed by atoms with Gasteiger partial charge in [-0.1, -0.05) is 23.2 Å². The summed E-state index contributed by atoms with van der Waals surface area (Å²) < 4.78 is 0. The maximum absolute atomic E-state index is 11.4. The minimum absolute atomic E-state index is 0.299. The molecule has 14 heavy (non-hydrogen) atoms. The summed E-state index contributed by atoms with van der Waals surface area (Å²) in [5.74, 6) is -0.403. The summed E-state index contributed by atoms with van der Waals surface area (Å²) in [5.41, 5.74) is 2.53. The first kappa shape index (κ1) is 11.3. The van der Waals surface area contributed by atoms with E-state index in [2.05, 4.69) is 5.48 Å². The molecule has 0 aliphatic carbocycles. The third kappa shape index (κ3) is 2.87. The quantitative estimate of drug-likeness (QED) is 0.816. The van der Waals surface area contributed by atoms with Crippen molar-refractivity contribution in [1.29, 1.82) is 0 Å². The Hall–Kier alpha value is -0.770. The zero-order chi connectivity index (χ0) is 10.6. The van der Waals surface area contributed by atoms with Crippen molar-refractivity contribution in [2.45, 2.75) is 6.92 Å². The molecule has 0 atom stereocenters. The van der Waals surface area contributed by atoms with Gasteiger partial charge in [-0.05, 0) is 25.1 Å². The second kappa shape index (κ2) is 5.20. The smallest absolute Gasteiger partial charge is 0.274 e. The number of benzene rings is 1. The molecule has 0 aliphatic heterocycles. The molecule has 1 aromatic carbocycles. The van der Waals surface area contributed by atoms with E-state index in [9.17, 15) is 4.79 Å². The average molecular weight is 234 g/mol. The van der Waals surface area contributed by atoms with Gasteiger partial charge in [-0.25, -0.2) is 5.48 Å². The molecule has 0 fully saturated rings. The molecule has 3 nitrogen and oxygen atoms in total. The number of amides is 1. The standard InChI is InChI=1S/C9H9Cl2NO2/c1-2-14-12-9(13)7-5-6(10)3-4-8(7)11/h3-5H,2H2,1H3,(H,12,13). The molecule has 0 saturated carbocycles. The fourth-order valence-electron chi connectivity index (χ4n) is 0.864. The summed E-state index contributed by atoms with van der Waals surface area (Å²) >= 11 is 11.5. The summed E-state index contributed by atoms with van der Waals surface area (Å²) in [5, 5.41) is 0.794. The Morgan fingerprint density at radius 3 is 2.86 bits per heavy atom. The maximum Gasteiger partial charge on any atom is 0.276 e. The van der Waals surface area contributed by atoms with Crippen molar-refractivity contribution in [3.63, 3.8) is 0 Å². The lowest BCUT2D eigenvalue weighted by atomic mass is 10.2. The van der Waals surface area contributed by atoms with Crippen LogP contribution in [0, 0.1) is 0 Å². The number of halogens is 2. The number of nitrogens with one attached hydrogen (secondary N) is 1. The van der Waals surface area contributed by atoms with Crippen LogP contribution in [0.5, 0.6) is 0 Å². The summed E-state index contributed by atoms with van der Waals surface area (Å²) in [6.45, 7) is 2.16. The molecule has 1 amide bonds. The Balaban J connectivity index is 2.83. The first-order valence-electron chi connectivity index (χ1n) is 4.02. The van der Waals surface area contributed by atoms with Crippen LogP contribution in [0.1, 0.15) is 17.3 Å². The average Bonchev–Trinajstić information content (AvgIpc) is 2.18. The third-order valence-corrected chi connectivity index (χ3v) is 2.05. The van der Waals surface area contributed by atoms with Crippen LogP contribution in [0.25, 0.3) is 0 Å². The third-order valence-electron chi connectivity index (χ3n) is 1.48. The van der Waals surface area contributed by atoms with E-state index in [1.54, 1.807) is 19.1 Å². The van der Waals surface area contributed by atoms with E-state index >= 15 is 0 Å². The van der Waals surface area contributed by atoms with Crippen LogP contribution >= 0.6 is 23.2 Å². The number of carbonyl (C=O) groups is 1. The summed E-state index contributed by atoms with van der Waals surface area (Å²) in [6.07, 6.45) is 0. The molecule has 0 heterocycles. The monoisotopic (exact) mass is 233 g/mol. The molecule has 5 heteroatoms. The van der Waals surface area contributed by atoms with Gasteiger partial charge in [0.2, 0.25) is 0 Å². The molecule has 0 unspecified atom stereocenters. The van der Waals surface area contributed by atoms with Crippen molar-refractivity contribution < 1.29 is 9.63 Å². The molecule has 0 spiro atoms. The van der Waals surface area contributed by atoms with Gasteiger partial charge in [0.15, 0.2) is 0 Å². The van der Waals surface area contributed by atoms with Gasteiger partial charge in [0.05, 0.1) is 17.2 Å². The van der Waals surface area contributed by atoms with Crippen LogP contribution in [0.15, 0.2) is 18.2 Å². The highest BCUT2D eigenvalue weighted by Gasteiger charge is 2.10. The normalized spacial score (nSPS) is 9.93. The molecular formula is C9H9Cl2NO2. The highest BCUT2D eigenvalue weighted by atomic mass is 35.5. The Bertz CT molecular complexity index is 342.